The highest BCUT2D eigenvalue weighted by Crippen LogP contribution is 2.41. The maximum atomic E-state index is 12.0. The Morgan fingerprint density at radius 3 is 2.76 bits per heavy atom. The van der Waals surface area contributed by atoms with Gasteiger partial charge in [0, 0.05) is 6.04 Å². The molecule has 3 rings (SSSR count). The molecule has 4 nitrogen and oxygen atoms in total. The Kier molecular flexibility index (Phi) is 2.33. The molecule has 1 aliphatic heterocycles. The van der Waals surface area contributed by atoms with Crippen molar-refractivity contribution < 1.29 is 8.42 Å². The summed E-state index contributed by atoms with van der Waals surface area (Å²) >= 11 is 0. The van der Waals surface area contributed by atoms with E-state index in [4.69, 9.17) is 0 Å². The highest BCUT2D eigenvalue weighted by Gasteiger charge is 2.50. The molecule has 0 unspecified atom stereocenters. The molecule has 0 amide bonds. The van der Waals surface area contributed by atoms with Crippen LogP contribution in [0.2, 0.25) is 0 Å². The maximum absolute atomic E-state index is 12.0. The number of rotatable bonds is 1. The van der Waals surface area contributed by atoms with Crippen molar-refractivity contribution in [2.75, 3.05) is 0 Å². The number of nitrogens with zero attached hydrogens (tertiary/aromatic N) is 1. The van der Waals surface area contributed by atoms with Crippen molar-refractivity contribution in [3.63, 3.8) is 0 Å². The Labute approximate surface area is 102 Å². The Morgan fingerprint density at radius 1 is 1.35 bits per heavy atom. The van der Waals surface area contributed by atoms with E-state index in [0.717, 1.165) is 12.0 Å². The average molecular weight is 252 g/mol. The fourth-order valence-corrected chi connectivity index (χ4v) is 4.85. The predicted molar refractivity (Wildman–Crippen MR) is 65.7 cm³/mol. The van der Waals surface area contributed by atoms with Crippen molar-refractivity contribution >= 4 is 10.2 Å². The van der Waals surface area contributed by atoms with Gasteiger partial charge >= 0.3 is 0 Å². The minimum absolute atomic E-state index is 0.00295. The topological polar surface area (TPSA) is 49.4 Å². The molecule has 0 aromatic heterocycles. The summed E-state index contributed by atoms with van der Waals surface area (Å²) < 4.78 is 28.5. The lowest BCUT2D eigenvalue weighted by Crippen LogP contribution is -2.40. The largest absolute Gasteiger partial charge is 0.280 e. The van der Waals surface area contributed by atoms with Gasteiger partial charge in [-0.3, -0.25) is 0 Å². The van der Waals surface area contributed by atoms with Gasteiger partial charge in [0.05, 0.1) is 12.1 Å². The maximum Gasteiger partial charge on any atom is 0.280 e. The van der Waals surface area contributed by atoms with Crippen LogP contribution in [0.4, 0.5) is 0 Å². The molecular weight excluding hydrogens is 236 g/mol. The minimum atomic E-state index is -3.30. The molecule has 1 aromatic carbocycles. The molecule has 2 atom stereocenters. The molecule has 0 saturated carbocycles. The summed E-state index contributed by atoms with van der Waals surface area (Å²) in [6.45, 7) is 3.84. The van der Waals surface area contributed by atoms with E-state index >= 15 is 0 Å². The lowest BCUT2D eigenvalue weighted by molar-refractivity contribution is 0.284. The van der Waals surface area contributed by atoms with Crippen molar-refractivity contribution in [3.05, 3.63) is 35.4 Å². The van der Waals surface area contributed by atoms with Crippen molar-refractivity contribution in [2.45, 2.75) is 38.4 Å². The van der Waals surface area contributed by atoms with Gasteiger partial charge in [-0.2, -0.15) is 17.4 Å². The minimum Gasteiger partial charge on any atom is -0.195 e. The van der Waals surface area contributed by atoms with Crippen LogP contribution in [0.3, 0.4) is 0 Å². The first-order valence-corrected chi connectivity index (χ1v) is 7.33. The van der Waals surface area contributed by atoms with Crippen molar-refractivity contribution in [1.29, 1.82) is 0 Å². The van der Waals surface area contributed by atoms with Crippen LogP contribution in [-0.4, -0.2) is 24.8 Å². The highest BCUT2D eigenvalue weighted by molar-refractivity contribution is 7.87. The molecule has 1 saturated heterocycles. The van der Waals surface area contributed by atoms with Gasteiger partial charge in [-0.05, 0) is 31.4 Å². The third-order valence-corrected chi connectivity index (χ3v) is 5.39. The fourth-order valence-electron chi connectivity index (χ4n) is 3.01. The highest BCUT2D eigenvalue weighted by atomic mass is 32.2. The second-order valence-electron chi connectivity index (χ2n) is 4.99. The molecule has 0 radical (unpaired) electrons. The van der Waals surface area contributed by atoms with Crippen molar-refractivity contribution in [1.82, 2.24) is 9.03 Å². The Hall–Kier alpha value is -0.910. The fraction of sp³-hybridized carbons (Fsp3) is 0.500. The monoisotopic (exact) mass is 252 g/mol. The molecule has 2 aliphatic rings. The van der Waals surface area contributed by atoms with Crippen molar-refractivity contribution in [2.24, 2.45) is 0 Å². The van der Waals surface area contributed by atoms with Crippen LogP contribution in [0.5, 0.6) is 0 Å². The van der Waals surface area contributed by atoms with Gasteiger partial charge in [0.2, 0.25) is 0 Å². The molecule has 5 heteroatoms. The Balaban J connectivity index is 2.07. The van der Waals surface area contributed by atoms with Gasteiger partial charge in [-0.15, -0.1) is 0 Å². The number of benzene rings is 1. The zero-order valence-electron chi connectivity index (χ0n) is 9.92. The van der Waals surface area contributed by atoms with E-state index in [9.17, 15) is 8.42 Å². The summed E-state index contributed by atoms with van der Waals surface area (Å²) in [6, 6.07) is 8.04. The van der Waals surface area contributed by atoms with Crippen LogP contribution in [0.15, 0.2) is 24.3 Å². The zero-order chi connectivity index (χ0) is 12.2. The summed E-state index contributed by atoms with van der Waals surface area (Å²) in [5.74, 6) is 0. The van der Waals surface area contributed by atoms with E-state index in [-0.39, 0.29) is 18.1 Å². The van der Waals surface area contributed by atoms with Gasteiger partial charge in [-0.25, -0.2) is 0 Å². The van der Waals surface area contributed by atoms with Gasteiger partial charge in [0.15, 0.2) is 0 Å². The average Bonchev–Trinajstić information content (AvgIpc) is 2.68. The smallest absolute Gasteiger partial charge is 0.195 e. The van der Waals surface area contributed by atoms with Crippen LogP contribution < -0.4 is 4.72 Å². The third-order valence-electron chi connectivity index (χ3n) is 3.59. The van der Waals surface area contributed by atoms with Gasteiger partial charge in [0.25, 0.3) is 10.2 Å². The van der Waals surface area contributed by atoms with E-state index in [1.54, 1.807) is 4.31 Å². The summed E-state index contributed by atoms with van der Waals surface area (Å²) in [7, 11) is -3.30. The molecule has 1 fully saturated rings. The lowest BCUT2D eigenvalue weighted by Gasteiger charge is -2.24. The summed E-state index contributed by atoms with van der Waals surface area (Å²) in [5.41, 5.74) is 2.39. The molecule has 1 aliphatic carbocycles. The Bertz CT molecular complexity index is 553. The second-order valence-corrected chi connectivity index (χ2v) is 6.60. The van der Waals surface area contributed by atoms with Gasteiger partial charge < -0.3 is 0 Å². The summed E-state index contributed by atoms with van der Waals surface area (Å²) in [5, 5.41) is 0. The first kappa shape index (κ1) is 11.2. The van der Waals surface area contributed by atoms with Crippen LogP contribution in [-0.2, 0) is 16.6 Å². The van der Waals surface area contributed by atoms with Crippen LogP contribution in [0.1, 0.15) is 31.0 Å². The molecule has 1 aromatic rings. The molecule has 17 heavy (non-hydrogen) atoms. The number of fused-ring (bicyclic) bond motifs is 3. The van der Waals surface area contributed by atoms with Crippen LogP contribution >= 0.6 is 0 Å². The summed E-state index contributed by atoms with van der Waals surface area (Å²) in [6.07, 6.45) is 0.811. The predicted octanol–water partition coefficient (Wildman–Crippen LogP) is 1.21. The molecule has 0 spiro atoms. The second kappa shape index (κ2) is 3.54. The standard InChI is InChI=1S/C12H16N2O2S/c1-8(2)14-11-7-9-5-3-4-6-10(9)12(11)13-17(14,15)16/h3-6,8,11-13H,7H2,1-2H3/t11-,12+/m1/s1. The van der Waals surface area contributed by atoms with E-state index in [0.29, 0.717) is 0 Å². The zero-order valence-corrected chi connectivity index (χ0v) is 10.7. The van der Waals surface area contributed by atoms with Crippen molar-refractivity contribution in [3.8, 4) is 0 Å². The van der Waals surface area contributed by atoms with E-state index in [2.05, 4.69) is 10.8 Å². The number of nitrogens with one attached hydrogen (secondary N) is 1. The molecule has 92 valence electrons. The first-order valence-electron chi connectivity index (χ1n) is 5.89. The Morgan fingerprint density at radius 2 is 2.06 bits per heavy atom. The van der Waals surface area contributed by atoms with Crippen LogP contribution in [0.25, 0.3) is 0 Å². The van der Waals surface area contributed by atoms with E-state index in [1.165, 1.54) is 5.56 Å². The van der Waals surface area contributed by atoms with E-state index < -0.39 is 10.2 Å². The van der Waals surface area contributed by atoms with E-state index in [1.807, 2.05) is 32.0 Å². The molecule has 1 N–H and O–H groups in total. The quantitative estimate of drug-likeness (QED) is 0.816. The van der Waals surface area contributed by atoms with Crippen LogP contribution in [0, 0.1) is 0 Å². The van der Waals surface area contributed by atoms with Gasteiger partial charge in [0.1, 0.15) is 0 Å². The molecule has 0 bridgehead atoms. The SMILES string of the molecule is CC(C)N1[C@@H]2Cc3ccccc3[C@@H]2NS1(=O)=O. The number of hydrogen-bond donors (Lipinski definition) is 1. The van der Waals surface area contributed by atoms with Gasteiger partial charge in [-0.1, -0.05) is 24.3 Å². The first-order chi connectivity index (χ1) is 8.00. The lowest BCUT2D eigenvalue weighted by atomic mass is 10.1. The summed E-state index contributed by atoms with van der Waals surface area (Å²) in [4.78, 5) is 0. The molecular formula is C12H16N2O2S. The third kappa shape index (κ3) is 1.53. The normalized spacial score (nSPS) is 30.5. The number of hydrogen-bond acceptors (Lipinski definition) is 2. The molecule has 1 heterocycles.